The molecule has 0 radical (unpaired) electrons. The first-order chi connectivity index (χ1) is 14.7. The summed E-state index contributed by atoms with van der Waals surface area (Å²) in [5.41, 5.74) is 2.34. The molecule has 0 unspecified atom stereocenters. The van der Waals surface area contributed by atoms with Crippen molar-refractivity contribution in [3.63, 3.8) is 0 Å². The number of anilines is 1. The first kappa shape index (κ1) is 19.5. The fourth-order valence-electron chi connectivity index (χ4n) is 2.90. The van der Waals surface area contributed by atoms with Crippen molar-refractivity contribution < 1.29 is 9.59 Å². The molecule has 9 heteroatoms. The van der Waals surface area contributed by atoms with Crippen molar-refractivity contribution in [2.24, 2.45) is 0 Å². The number of carbonyl (C=O) groups excluding carboxylic acids is 2. The second-order valence-electron chi connectivity index (χ2n) is 6.48. The van der Waals surface area contributed by atoms with Crippen LogP contribution in [0.3, 0.4) is 0 Å². The molecular weight excluding hydrogens is 400 g/mol. The molecule has 4 rings (SSSR count). The van der Waals surface area contributed by atoms with E-state index in [0.717, 1.165) is 11.3 Å². The van der Waals surface area contributed by atoms with Crippen molar-refractivity contribution >= 4 is 28.8 Å². The maximum absolute atomic E-state index is 13.0. The quantitative estimate of drug-likeness (QED) is 0.480. The van der Waals surface area contributed by atoms with Gasteiger partial charge in [0.1, 0.15) is 12.4 Å². The van der Waals surface area contributed by atoms with Crippen LogP contribution in [0.25, 0.3) is 5.69 Å². The van der Waals surface area contributed by atoms with Gasteiger partial charge < -0.3 is 10.6 Å². The second-order valence-corrected chi connectivity index (χ2v) is 7.43. The molecule has 30 heavy (non-hydrogen) atoms. The Kier molecular flexibility index (Phi) is 5.90. The van der Waals surface area contributed by atoms with E-state index in [9.17, 15) is 9.59 Å². The number of hydrogen-bond acceptors (Lipinski definition) is 6. The molecular formula is C21H18N6O2S. The molecule has 8 nitrogen and oxygen atoms in total. The van der Waals surface area contributed by atoms with Gasteiger partial charge in [0.15, 0.2) is 0 Å². The number of aromatic nitrogens is 4. The average molecular weight is 418 g/mol. The van der Waals surface area contributed by atoms with E-state index < -0.39 is 6.04 Å². The van der Waals surface area contributed by atoms with E-state index in [4.69, 9.17) is 0 Å². The van der Waals surface area contributed by atoms with Gasteiger partial charge in [-0.2, -0.15) is 0 Å². The Morgan fingerprint density at radius 2 is 1.80 bits per heavy atom. The molecule has 2 amide bonds. The third-order valence-corrected chi connectivity index (χ3v) is 5.27. The van der Waals surface area contributed by atoms with Crippen LogP contribution in [0.2, 0.25) is 0 Å². The number of nitrogens with one attached hydrogen (secondary N) is 2. The van der Waals surface area contributed by atoms with Gasteiger partial charge in [0, 0.05) is 12.1 Å². The highest BCUT2D eigenvalue weighted by molar-refractivity contribution is 7.12. The topological polar surface area (TPSA) is 102 Å². The number of thiophene rings is 1. The van der Waals surface area contributed by atoms with Crippen molar-refractivity contribution in [1.82, 2.24) is 25.5 Å². The Bertz CT molecular complexity index is 1100. The average Bonchev–Trinajstić information content (AvgIpc) is 3.49. The predicted octanol–water partition coefficient (Wildman–Crippen LogP) is 2.70. The molecule has 0 fully saturated rings. The molecule has 0 aliphatic heterocycles. The van der Waals surface area contributed by atoms with E-state index in [1.807, 2.05) is 35.7 Å². The number of nitrogens with zero attached hydrogens (tertiary/aromatic N) is 4. The van der Waals surface area contributed by atoms with Gasteiger partial charge in [0.2, 0.25) is 5.91 Å². The van der Waals surface area contributed by atoms with Crippen LogP contribution in [0.1, 0.15) is 15.2 Å². The van der Waals surface area contributed by atoms with Crippen molar-refractivity contribution in [1.29, 1.82) is 0 Å². The fourth-order valence-corrected chi connectivity index (χ4v) is 3.53. The third kappa shape index (κ3) is 4.76. The number of hydrogen-bond donors (Lipinski definition) is 2. The molecule has 2 aromatic carbocycles. The predicted molar refractivity (Wildman–Crippen MR) is 114 cm³/mol. The highest BCUT2D eigenvalue weighted by atomic mass is 32.1. The summed E-state index contributed by atoms with van der Waals surface area (Å²) in [5, 5.41) is 18.6. The monoisotopic (exact) mass is 418 g/mol. The number of carbonyl (C=O) groups is 2. The standard InChI is InChI=1S/C21H18N6O2S/c28-20(23-16-8-10-17(11-9-16)27-14-22-25-26-27)18(13-15-5-2-1-3-6-15)24-21(29)19-7-4-12-30-19/h1-12,14,18H,13H2,(H,23,28)(H,24,29)/t18-/m0/s1. The summed E-state index contributed by atoms with van der Waals surface area (Å²) in [4.78, 5) is 26.1. The normalized spacial score (nSPS) is 11.6. The first-order valence-corrected chi connectivity index (χ1v) is 10.1. The number of tetrazole rings is 1. The Morgan fingerprint density at radius 1 is 1.00 bits per heavy atom. The van der Waals surface area contributed by atoms with Crippen molar-refractivity contribution in [3.8, 4) is 5.69 Å². The van der Waals surface area contributed by atoms with E-state index >= 15 is 0 Å². The number of rotatable bonds is 7. The van der Waals surface area contributed by atoms with Gasteiger partial charge >= 0.3 is 0 Å². The van der Waals surface area contributed by atoms with Crippen molar-refractivity contribution in [2.45, 2.75) is 12.5 Å². The minimum Gasteiger partial charge on any atom is -0.339 e. The van der Waals surface area contributed by atoms with Gasteiger partial charge in [0.05, 0.1) is 10.6 Å². The highest BCUT2D eigenvalue weighted by Crippen LogP contribution is 2.14. The lowest BCUT2D eigenvalue weighted by atomic mass is 10.0. The summed E-state index contributed by atoms with van der Waals surface area (Å²) < 4.78 is 1.52. The zero-order valence-electron chi connectivity index (χ0n) is 15.8. The lowest BCUT2D eigenvalue weighted by Gasteiger charge is -2.18. The zero-order chi connectivity index (χ0) is 20.8. The molecule has 4 aromatic rings. The molecule has 0 bridgehead atoms. The molecule has 0 spiro atoms. The smallest absolute Gasteiger partial charge is 0.262 e. The van der Waals surface area contributed by atoms with Crippen LogP contribution in [0.5, 0.6) is 0 Å². The van der Waals surface area contributed by atoms with Crippen LogP contribution in [0.15, 0.2) is 78.4 Å². The van der Waals surface area contributed by atoms with E-state index in [1.165, 1.54) is 22.3 Å². The van der Waals surface area contributed by atoms with Crippen LogP contribution in [0.4, 0.5) is 5.69 Å². The molecule has 150 valence electrons. The van der Waals surface area contributed by atoms with Gasteiger partial charge in [-0.3, -0.25) is 9.59 Å². The first-order valence-electron chi connectivity index (χ1n) is 9.21. The van der Waals surface area contributed by atoms with Crippen LogP contribution < -0.4 is 10.6 Å². The summed E-state index contributed by atoms with van der Waals surface area (Å²) >= 11 is 1.33. The molecule has 2 aromatic heterocycles. The van der Waals surface area contributed by atoms with E-state index in [2.05, 4.69) is 26.2 Å². The fraction of sp³-hybridized carbons (Fsp3) is 0.0952. The van der Waals surface area contributed by atoms with Crippen LogP contribution in [-0.2, 0) is 11.2 Å². The van der Waals surface area contributed by atoms with Gasteiger partial charge in [-0.15, -0.1) is 16.4 Å². The maximum Gasteiger partial charge on any atom is 0.262 e. The third-order valence-electron chi connectivity index (χ3n) is 4.40. The SMILES string of the molecule is O=C(N[C@@H](Cc1ccccc1)C(=O)Nc1ccc(-n2cnnn2)cc1)c1cccs1. The number of benzene rings is 2. The van der Waals surface area contributed by atoms with Gasteiger partial charge in [0.25, 0.3) is 5.91 Å². The zero-order valence-corrected chi connectivity index (χ0v) is 16.6. The summed E-state index contributed by atoms with van der Waals surface area (Å²) in [6.45, 7) is 0. The lowest BCUT2D eigenvalue weighted by molar-refractivity contribution is -0.118. The summed E-state index contributed by atoms with van der Waals surface area (Å²) in [7, 11) is 0. The lowest BCUT2D eigenvalue weighted by Crippen LogP contribution is -2.45. The Labute approximate surface area is 176 Å². The molecule has 2 heterocycles. The number of amides is 2. The summed E-state index contributed by atoms with van der Waals surface area (Å²) in [5.74, 6) is -0.561. The van der Waals surface area contributed by atoms with E-state index in [0.29, 0.717) is 17.0 Å². The van der Waals surface area contributed by atoms with Gasteiger partial charge in [-0.1, -0.05) is 36.4 Å². The Balaban J connectivity index is 1.48. The van der Waals surface area contributed by atoms with E-state index in [1.54, 1.807) is 36.4 Å². The van der Waals surface area contributed by atoms with Gasteiger partial charge in [-0.25, -0.2) is 4.68 Å². The molecule has 1 atom stereocenters. The Morgan fingerprint density at radius 3 is 2.47 bits per heavy atom. The summed E-state index contributed by atoms with van der Waals surface area (Å²) in [6.07, 6.45) is 1.87. The minimum atomic E-state index is -0.721. The summed E-state index contributed by atoms with van der Waals surface area (Å²) in [6, 6.07) is 19.5. The second kappa shape index (κ2) is 9.10. The van der Waals surface area contributed by atoms with Gasteiger partial charge in [-0.05, 0) is 51.7 Å². The van der Waals surface area contributed by atoms with Crippen LogP contribution >= 0.6 is 11.3 Å². The highest BCUT2D eigenvalue weighted by Gasteiger charge is 2.22. The van der Waals surface area contributed by atoms with Crippen molar-refractivity contribution in [2.75, 3.05) is 5.32 Å². The molecule has 2 N–H and O–H groups in total. The molecule has 0 aliphatic carbocycles. The van der Waals surface area contributed by atoms with E-state index in [-0.39, 0.29) is 11.8 Å². The molecule has 0 saturated heterocycles. The largest absolute Gasteiger partial charge is 0.339 e. The van der Waals surface area contributed by atoms with Crippen LogP contribution in [0, 0.1) is 0 Å². The molecule has 0 aliphatic rings. The van der Waals surface area contributed by atoms with Crippen LogP contribution in [-0.4, -0.2) is 38.1 Å². The maximum atomic E-state index is 13.0. The molecule has 0 saturated carbocycles. The Hall–Kier alpha value is -3.85. The van der Waals surface area contributed by atoms with Crippen molar-refractivity contribution in [3.05, 3.63) is 88.9 Å². The minimum absolute atomic E-state index is 0.268.